The number of benzene rings is 1. The third-order valence-corrected chi connectivity index (χ3v) is 2.97. The highest BCUT2D eigenvalue weighted by Crippen LogP contribution is 2.16. The van der Waals surface area contributed by atoms with E-state index >= 15 is 0 Å². The van der Waals surface area contributed by atoms with Crippen molar-refractivity contribution < 1.29 is 18.8 Å². The molecule has 1 N–H and O–H groups in total. The van der Waals surface area contributed by atoms with Crippen LogP contribution in [0.3, 0.4) is 0 Å². The number of hydrogen-bond donors (Lipinski definition) is 1. The topological polar surface area (TPSA) is 94.4 Å². The van der Waals surface area contributed by atoms with Crippen LogP contribution in [-0.4, -0.2) is 29.0 Å². The number of ether oxygens (including phenoxy) is 1. The van der Waals surface area contributed by atoms with Gasteiger partial charge in [0.15, 0.2) is 0 Å². The van der Waals surface area contributed by atoms with Crippen molar-refractivity contribution in [2.45, 2.75) is 0 Å². The van der Waals surface area contributed by atoms with Gasteiger partial charge in [-0.25, -0.2) is 9.37 Å². The Balaban J connectivity index is 1.85. The van der Waals surface area contributed by atoms with E-state index in [9.17, 15) is 19.3 Å². The number of carbonyl (C=O) groups excluding carboxylic acids is 1. The second-order valence-electron chi connectivity index (χ2n) is 4.34. The summed E-state index contributed by atoms with van der Waals surface area (Å²) in [6, 6.07) is 5.99. The first-order valence-corrected chi connectivity index (χ1v) is 6.81. The number of pyridine rings is 1. The molecule has 0 aliphatic heterocycles. The van der Waals surface area contributed by atoms with Crippen LogP contribution in [0.1, 0.15) is 10.4 Å². The third-order valence-electron chi connectivity index (χ3n) is 2.75. The molecule has 0 saturated carbocycles. The number of halogens is 2. The molecule has 1 amide bonds. The van der Waals surface area contributed by atoms with Crippen molar-refractivity contribution in [3.05, 3.63) is 63.0 Å². The summed E-state index contributed by atoms with van der Waals surface area (Å²) < 4.78 is 18.9. The zero-order valence-electron chi connectivity index (χ0n) is 11.7. The summed E-state index contributed by atoms with van der Waals surface area (Å²) in [5, 5.41) is 13.4. The third kappa shape index (κ3) is 4.62. The predicted molar refractivity (Wildman–Crippen MR) is 80.1 cm³/mol. The molecule has 0 atom stereocenters. The molecule has 0 aliphatic carbocycles. The van der Waals surface area contributed by atoms with Crippen LogP contribution in [-0.2, 0) is 0 Å². The molecule has 2 rings (SSSR count). The lowest BCUT2D eigenvalue weighted by Crippen LogP contribution is -2.28. The van der Waals surface area contributed by atoms with Gasteiger partial charge in [-0.15, -0.1) is 0 Å². The van der Waals surface area contributed by atoms with Crippen molar-refractivity contribution >= 4 is 23.2 Å². The summed E-state index contributed by atoms with van der Waals surface area (Å²) in [5.74, 6) is -1.31. The number of non-ortho nitro benzene ring substituents is 1. The van der Waals surface area contributed by atoms with E-state index in [-0.39, 0.29) is 18.7 Å². The Kier molecular flexibility index (Phi) is 5.42. The van der Waals surface area contributed by atoms with Crippen LogP contribution in [0, 0.1) is 15.9 Å². The molecular weight excluding hydrogens is 329 g/mol. The first-order chi connectivity index (χ1) is 11.0. The fourth-order valence-corrected chi connectivity index (χ4v) is 1.78. The molecule has 2 aromatic rings. The largest absolute Gasteiger partial charge is 0.476 e. The highest BCUT2D eigenvalue weighted by Gasteiger charge is 2.15. The van der Waals surface area contributed by atoms with Gasteiger partial charge in [0.25, 0.3) is 11.6 Å². The number of carbonyl (C=O) groups is 1. The van der Waals surface area contributed by atoms with Crippen LogP contribution >= 0.6 is 11.6 Å². The Hall–Kier alpha value is -2.74. The number of nitrogens with one attached hydrogen (secondary N) is 1. The molecule has 1 aromatic carbocycles. The molecule has 1 heterocycles. The van der Waals surface area contributed by atoms with Crippen molar-refractivity contribution in [2.24, 2.45) is 0 Å². The molecule has 0 radical (unpaired) electrons. The highest BCUT2D eigenvalue weighted by atomic mass is 35.5. The van der Waals surface area contributed by atoms with E-state index in [1.807, 2.05) is 0 Å². The molecule has 7 nitrogen and oxygen atoms in total. The van der Waals surface area contributed by atoms with Gasteiger partial charge in [0.05, 0.1) is 28.1 Å². The fraction of sp³-hybridized carbons (Fsp3) is 0.143. The van der Waals surface area contributed by atoms with Gasteiger partial charge in [0, 0.05) is 18.3 Å². The SMILES string of the molecule is O=C(NCCOc1ccc(Cl)cn1)c1ccc([N+](=O)[O-])cc1F. The minimum Gasteiger partial charge on any atom is -0.476 e. The van der Waals surface area contributed by atoms with Crippen molar-refractivity contribution in [2.75, 3.05) is 13.2 Å². The molecule has 0 unspecified atom stereocenters. The second kappa shape index (κ2) is 7.50. The maximum absolute atomic E-state index is 13.7. The molecule has 0 spiro atoms. The molecule has 9 heteroatoms. The summed E-state index contributed by atoms with van der Waals surface area (Å²) in [4.78, 5) is 25.5. The smallest absolute Gasteiger partial charge is 0.272 e. The highest BCUT2D eigenvalue weighted by molar-refractivity contribution is 6.30. The van der Waals surface area contributed by atoms with E-state index in [4.69, 9.17) is 16.3 Å². The second-order valence-corrected chi connectivity index (χ2v) is 4.78. The van der Waals surface area contributed by atoms with Crippen LogP contribution in [0.5, 0.6) is 5.88 Å². The monoisotopic (exact) mass is 339 g/mol. The molecule has 120 valence electrons. The number of hydrogen-bond acceptors (Lipinski definition) is 5. The first-order valence-electron chi connectivity index (χ1n) is 6.44. The number of nitro groups is 1. The van der Waals surface area contributed by atoms with Crippen LogP contribution in [0.2, 0.25) is 5.02 Å². The van der Waals surface area contributed by atoms with Gasteiger partial charge in [-0.2, -0.15) is 0 Å². The average Bonchev–Trinajstić information content (AvgIpc) is 2.52. The molecule has 23 heavy (non-hydrogen) atoms. The minimum atomic E-state index is -0.961. The lowest BCUT2D eigenvalue weighted by Gasteiger charge is -2.07. The van der Waals surface area contributed by atoms with E-state index in [0.29, 0.717) is 17.0 Å². The molecule has 1 aromatic heterocycles. The van der Waals surface area contributed by atoms with Gasteiger partial charge >= 0.3 is 0 Å². The summed E-state index contributed by atoms with van der Waals surface area (Å²) in [7, 11) is 0. The van der Waals surface area contributed by atoms with E-state index in [1.165, 1.54) is 6.20 Å². The lowest BCUT2D eigenvalue weighted by atomic mass is 10.2. The Bertz CT molecular complexity index is 724. The quantitative estimate of drug-likeness (QED) is 0.496. The standard InChI is InChI=1S/C14H11ClFN3O4/c15-9-1-4-13(18-8-9)23-6-5-17-14(20)11-3-2-10(19(21)22)7-12(11)16/h1-4,7-8H,5-6H2,(H,17,20). The average molecular weight is 340 g/mol. The van der Waals surface area contributed by atoms with Gasteiger partial charge in [-0.1, -0.05) is 11.6 Å². The summed E-state index contributed by atoms with van der Waals surface area (Å²) >= 11 is 5.68. The molecule has 0 fully saturated rings. The Morgan fingerprint density at radius 3 is 2.78 bits per heavy atom. The van der Waals surface area contributed by atoms with Crippen LogP contribution in [0.25, 0.3) is 0 Å². The first kappa shape index (κ1) is 16.6. The van der Waals surface area contributed by atoms with Crippen LogP contribution in [0.15, 0.2) is 36.5 Å². The van der Waals surface area contributed by atoms with Gasteiger partial charge in [0.2, 0.25) is 5.88 Å². The fourth-order valence-electron chi connectivity index (χ4n) is 1.66. The van der Waals surface area contributed by atoms with Gasteiger partial charge in [-0.3, -0.25) is 14.9 Å². The summed E-state index contributed by atoms with van der Waals surface area (Å²) in [6.45, 7) is 0.231. The Morgan fingerprint density at radius 1 is 1.39 bits per heavy atom. The number of amides is 1. The number of nitro benzene ring substituents is 1. The van der Waals surface area contributed by atoms with Gasteiger partial charge in [0.1, 0.15) is 12.4 Å². The van der Waals surface area contributed by atoms with Gasteiger partial charge < -0.3 is 10.1 Å². The maximum Gasteiger partial charge on any atom is 0.272 e. The molecule has 0 aliphatic rings. The number of rotatable bonds is 6. The van der Waals surface area contributed by atoms with Crippen LogP contribution < -0.4 is 10.1 Å². The number of aromatic nitrogens is 1. The molecule has 0 saturated heterocycles. The maximum atomic E-state index is 13.7. The lowest BCUT2D eigenvalue weighted by molar-refractivity contribution is -0.385. The molecular formula is C14H11ClFN3O4. The van der Waals surface area contributed by atoms with Crippen LogP contribution in [0.4, 0.5) is 10.1 Å². The zero-order valence-corrected chi connectivity index (χ0v) is 12.4. The Labute approximate surface area is 135 Å². The van der Waals surface area contributed by atoms with Gasteiger partial charge in [-0.05, 0) is 12.1 Å². The van der Waals surface area contributed by atoms with E-state index in [2.05, 4.69) is 10.3 Å². The number of nitrogens with zero attached hydrogens (tertiary/aromatic N) is 2. The molecule has 0 bridgehead atoms. The Morgan fingerprint density at radius 2 is 2.17 bits per heavy atom. The van der Waals surface area contributed by atoms with E-state index in [1.54, 1.807) is 12.1 Å². The van der Waals surface area contributed by atoms with Crippen molar-refractivity contribution in [1.82, 2.24) is 10.3 Å². The van der Waals surface area contributed by atoms with Crippen molar-refractivity contribution in [3.8, 4) is 5.88 Å². The predicted octanol–water partition coefficient (Wildman–Crippen LogP) is 2.59. The summed E-state index contributed by atoms with van der Waals surface area (Å²) in [6.07, 6.45) is 1.42. The summed E-state index contributed by atoms with van der Waals surface area (Å²) in [5.41, 5.74) is -0.698. The van der Waals surface area contributed by atoms with E-state index < -0.39 is 22.3 Å². The van der Waals surface area contributed by atoms with Crippen molar-refractivity contribution in [3.63, 3.8) is 0 Å². The minimum absolute atomic E-state index is 0.111. The van der Waals surface area contributed by atoms with Crippen molar-refractivity contribution in [1.29, 1.82) is 0 Å². The normalized spacial score (nSPS) is 10.2. The zero-order chi connectivity index (χ0) is 16.8. The van der Waals surface area contributed by atoms with E-state index in [0.717, 1.165) is 12.1 Å².